The highest BCUT2D eigenvalue weighted by Crippen LogP contribution is 2.29. The molecule has 178 valence electrons. The van der Waals surface area contributed by atoms with Crippen LogP contribution < -0.4 is 5.43 Å². The highest BCUT2D eigenvalue weighted by Gasteiger charge is 2.17. The van der Waals surface area contributed by atoms with Gasteiger partial charge in [0, 0.05) is 16.3 Å². The first kappa shape index (κ1) is 24.5. The Morgan fingerprint density at radius 1 is 1.03 bits per heavy atom. The molecule has 0 spiro atoms. The predicted octanol–water partition coefficient (Wildman–Crippen LogP) is 5.62. The minimum absolute atomic E-state index is 0.112. The summed E-state index contributed by atoms with van der Waals surface area (Å²) in [6.07, 6.45) is 0.629. The van der Waals surface area contributed by atoms with E-state index in [-0.39, 0.29) is 17.4 Å². The molecule has 1 aromatic heterocycles. The topological polar surface area (TPSA) is 92.4 Å². The molecule has 0 atom stereocenters. The molecule has 1 heterocycles. The van der Waals surface area contributed by atoms with Gasteiger partial charge in [-0.1, -0.05) is 48.0 Å². The lowest BCUT2D eigenvalue weighted by Crippen LogP contribution is -2.22. The van der Waals surface area contributed by atoms with Crippen LogP contribution in [0.2, 0.25) is 5.02 Å². The van der Waals surface area contributed by atoms with Gasteiger partial charge in [0.15, 0.2) is 11.0 Å². The molecule has 4 aromatic rings. The Bertz CT molecular complexity index is 1330. The summed E-state index contributed by atoms with van der Waals surface area (Å²) in [5.41, 5.74) is 7.08. The molecule has 0 saturated heterocycles. The molecule has 0 fully saturated rings. The maximum atomic E-state index is 12.6. The summed E-state index contributed by atoms with van der Waals surface area (Å²) in [7, 11) is 0. The van der Waals surface area contributed by atoms with Crippen molar-refractivity contribution in [2.24, 2.45) is 5.10 Å². The number of hydrazone groups is 1. The molecule has 0 aliphatic rings. The number of aryl methyl sites for hydroxylation is 1. The van der Waals surface area contributed by atoms with Gasteiger partial charge in [-0.2, -0.15) is 5.10 Å². The van der Waals surface area contributed by atoms with Gasteiger partial charge in [-0.05, 0) is 79.6 Å². The summed E-state index contributed by atoms with van der Waals surface area (Å²) in [4.78, 5) is 12.6. The monoisotopic (exact) mass is 505 g/mol. The van der Waals surface area contributed by atoms with Crippen LogP contribution in [0, 0.1) is 6.92 Å². The van der Waals surface area contributed by atoms with Gasteiger partial charge in [-0.15, -0.1) is 10.2 Å². The molecular weight excluding hydrogens is 482 g/mol. The fraction of sp³-hybridized carbons (Fsp3) is 0.154. The van der Waals surface area contributed by atoms with E-state index < -0.39 is 0 Å². The van der Waals surface area contributed by atoms with E-state index in [0.717, 1.165) is 28.1 Å². The maximum Gasteiger partial charge on any atom is 0.250 e. The molecule has 0 unspecified atom stereocenters. The van der Waals surface area contributed by atoms with E-state index in [2.05, 4.69) is 20.7 Å². The Kier molecular flexibility index (Phi) is 7.84. The van der Waals surface area contributed by atoms with Crippen molar-refractivity contribution in [2.45, 2.75) is 25.4 Å². The zero-order chi connectivity index (χ0) is 24.8. The fourth-order valence-electron chi connectivity index (χ4n) is 3.37. The number of hydrogen-bond acceptors (Lipinski definition) is 6. The quantitative estimate of drug-likeness (QED) is 0.184. The van der Waals surface area contributed by atoms with Crippen LogP contribution in [0.15, 0.2) is 83.1 Å². The molecule has 0 bridgehead atoms. The molecule has 0 radical (unpaired) electrons. The Labute approximate surface area is 212 Å². The van der Waals surface area contributed by atoms with Crippen LogP contribution >= 0.6 is 23.4 Å². The van der Waals surface area contributed by atoms with Crippen molar-refractivity contribution in [3.05, 3.63) is 88.9 Å². The minimum atomic E-state index is -0.258. The van der Waals surface area contributed by atoms with Crippen molar-refractivity contribution in [2.75, 3.05) is 5.75 Å². The Morgan fingerprint density at radius 3 is 2.37 bits per heavy atom. The minimum Gasteiger partial charge on any atom is -0.508 e. The molecule has 0 saturated carbocycles. The summed E-state index contributed by atoms with van der Waals surface area (Å²) < 4.78 is 1.93. The van der Waals surface area contributed by atoms with E-state index in [1.165, 1.54) is 11.8 Å². The molecule has 35 heavy (non-hydrogen) atoms. The summed E-state index contributed by atoms with van der Waals surface area (Å²) in [6.45, 7) is 3.98. The molecule has 7 nitrogen and oxygen atoms in total. The van der Waals surface area contributed by atoms with E-state index in [9.17, 15) is 9.90 Å². The highest BCUT2D eigenvalue weighted by molar-refractivity contribution is 7.99. The number of hydrogen-bond donors (Lipinski definition) is 2. The number of rotatable bonds is 8. The van der Waals surface area contributed by atoms with Gasteiger partial charge >= 0.3 is 0 Å². The third-order valence-corrected chi connectivity index (χ3v) is 6.39. The van der Waals surface area contributed by atoms with Gasteiger partial charge in [-0.3, -0.25) is 9.36 Å². The molecular formula is C26H24ClN5O2S. The Hall–Kier alpha value is -3.62. The average molecular weight is 506 g/mol. The summed E-state index contributed by atoms with van der Waals surface area (Å²) in [5.74, 6) is 0.694. The number of phenols is 1. The van der Waals surface area contributed by atoms with E-state index in [4.69, 9.17) is 11.6 Å². The van der Waals surface area contributed by atoms with Crippen LogP contribution in [0.25, 0.3) is 17.1 Å². The van der Waals surface area contributed by atoms with Crippen LogP contribution in [-0.4, -0.2) is 37.2 Å². The standard InChI is InChI=1S/C26H24ClN5O2S/c1-3-23(18-8-14-22(33)15-9-18)28-29-24(34)16-35-26-31-30-25(19-6-10-20(27)11-7-19)32(26)21-12-4-17(2)5-13-21/h4-15,33H,3,16H2,1-2H3,(H,29,34)/b28-23-. The second kappa shape index (κ2) is 11.2. The number of aromatic hydroxyl groups is 1. The summed E-state index contributed by atoms with van der Waals surface area (Å²) >= 11 is 7.34. The predicted molar refractivity (Wildman–Crippen MR) is 140 cm³/mol. The van der Waals surface area contributed by atoms with Crippen LogP contribution in [0.1, 0.15) is 24.5 Å². The van der Waals surface area contributed by atoms with Crippen LogP contribution in [0.4, 0.5) is 0 Å². The average Bonchev–Trinajstić information content (AvgIpc) is 3.29. The number of carbonyl (C=O) groups excluding carboxylic acids is 1. The lowest BCUT2D eigenvalue weighted by Gasteiger charge is -2.11. The maximum absolute atomic E-state index is 12.6. The fourth-order valence-corrected chi connectivity index (χ4v) is 4.24. The number of amides is 1. The first-order valence-electron chi connectivity index (χ1n) is 11.0. The first-order chi connectivity index (χ1) is 16.9. The molecule has 0 aliphatic carbocycles. The smallest absolute Gasteiger partial charge is 0.250 e. The van der Waals surface area contributed by atoms with Crippen LogP contribution in [-0.2, 0) is 4.79 Å². The van der Waals surface area contributed by atoms with Crippen molar-refractivity contribution >= 4 is 35.0 Å². The van der Waals surface area contributed by atoms with E-state index >= 15 is 0 Å². The summed E-state index contributed by atoms with van der Waals surface area (Å²) in [5, 5.41) is 23.7. The van der Waals surface area contributed by atoms with Gasteiger partial charge in [-0.25, -0.2) is 5.43 Å². The van der Waals surface area contributed by atoms with E-state index in [1.807, 2.05) is 66.9 Å². The second-order valence-corrected chi connectivity index (χ2v) is 9.15. The Morgan fingerprint density at radius 2 is 1.71 bits per heavy atom. The third kappa shape index (κ3) is 6.09. The molecule has 3 aromatic carbocycles. The van der Waals surface area contributed by atoms with Gasteiger partial charge < -0.3 is 5.11 Å². The first-order valence-corrected chi connectivity index (χ1v) is 12.4. The zero-order valence-electron chi connectivity index (χ0n) is 19.3. The van der Waals surface area contributed by atoms with Crippen molar-refractivity contribution in [1.29, 1.82) is 0 Å². The van der Waals surface area contributed by atoms with Gasteiger partial charge in [0.1, 0.15) is 5.75 Å². The highest BCUT2D eigenvalue weighted by atomic mass is 35.5. The van der Waals surface area contributed by atoms with Crippen LogP contribution in [0.5, 0.6) is 5.75 Å². The molecule has 9 heteroatoms. The lowest BCUT2D eigenvalue weighted by atomic mass is 10.1. The number of phenolic OH excluding ortho intramolecular Hbond substituents is 1. The van der Waals surface area contributed by atoms with Crippen molar-refractivity contribution in [1.82, 2.24) is 20.2 Å². The van der Waals surface area contributed by atoms with Crippen molar-refractivity contribution < 1.29 is 9.90 Å². The van der Waals surface area contributed by atoms with Crippen molar-refractivity contribution in [3.63, 3.8) is 0 Å². The molecule has 4 rings (SSSR count). The summed E-state index contributed by atoms with van der Waals surface area (Å²) in [6, 6.07) is 22.1. The number of nitrogens with one attached hydrogen (secondary N) is 1. The number of thioether (sulfide) groups is 1. The van der Waals surface area contributed by atoms with Crippen molar-refractivity contribution in [3.8, 4) is 22.8 Å². The van der Waals surface area contributed by atoms with Crippen LogP contribution in [0.3, 0.4) is 0 Å². The zero-order valence-corrected chi connectivity index (χ0v) is 20.8. The second-order valence-electron chi connectivity index (χ2n) is 7.77. The normalized spacial score (nSPS) is 11.5. The van der Waals surface area contributed by atoms with Gasteiger partial charge in [0.2, 0.25) is 0 Å². The molecule has 0 aliphatic heterocycles. The third-order valence-electron chi connectivity index (χ3n) is 5.21. The molecule has 1 amide bonds. The van der Waals surface area contributed by atoms with E-state index in [0.29, 0.717) is 22.4 Å². The largest absolute Gasteiger partial charge is 0.508 e. The Balaban J connectivity index is 1.53. The molecule has 2 N–H and O–H groups in total. The van der Waals surface area contributed by atoms with Gasteiger partial charge in [0.25, 0.3) is 5.91 Å². The van der Waals surface area contributed by atoms with Gasteiger partial charge in [0.05, 0.1) is 11.5 Å². The number of benzene rings is 3. The number of aromatic nitrogens is 3. The number of nitrogens with zero attached hydrogens (tertiary/aromatic N) is 4. The lowest BCUT2D eigenvalue weighted by molar-refractivity contribution is -0.118. The SMILES string of the molecule is CC/C(=N/NC(=O)CSc1nnc(-c2ccc(Cl)cc2)n1-c1ccc(C)cc1)c1ccc(O)cc1. The number of carbonyl (C=O) groups is 1. The number of halogens is 1. The van der Waals surface area contributed by atoms with E-state index in [1.54, 1.807) is 24.3 Å².